The fourth-order valence-electron chi connectivity index (χ4n) is 4.24. The van der Waals surface area contributed by atoms with E-state index in [0.717, 1.165) is 50.3 Å². The van der Waals surface area contributed by atoms with Gasteiger partial charge >= 0.3 is 0 Å². The topological polar surface area (TPSA) is 87.2 Å². The molecule has 0 aliphatic carbocycles. The summed E-state index contributed by atoms with van der Waals surface area (Å²) >= 11 is 1.42. The Kier molecular flexibility index (Phi) is 8.15. The van der Waals surface area contributed by atoms with Crippen molar-refractivity contribution in [2.45, 2.75) is 12.8 Å². The van der Waals surface area contributed by atoms with Gasteiger partial charge in [0.2, 0.25) is 11.8 Å². The third-order valence-electron chi connectivity index (χ3n) is 6.13. The molecule has 9 nitrogen and oxygen atoms in total. The van der Waals surface area contributed by atoms with Crippen LogP contribution in [0.15, 0.2) is 29.9 Å². The van der Waals surface area contributed by atoms with E-state index >= 15 is 0 Å². The third kappa shape index (κ3) is 6.13. The number of rotatable bonds is 9. The highest BCUT2D eigenvalue weighted by Gasteiger charge is 2.21. The lowest BCUT2D eigenvalue weighted by Crippen LogP contribution is -2.49. The molecule has 0 spiro atoms. The molecule has 34 heavy (non-hydrogen) atoms. The second-order valence-corrected chi connectivity index (χ2v) is 9.24. The van der Waals surface area contributed by atoms with Crippen LogP contribution in [0.5, 0.6) is 11.5 Å². The molecule has 1 aromatic heterocycles. The normalized spacial score (nSPS) is 16.8. The molecule has 1 aromatic carbocycles. The summed E-state index contributed by atoms with van der Waals surface area (Å²) in [5.74, 6) is 1.35. The fourth-order valence-corrected chi connectivity index (χ4v) is 4.79. The van der Waals surface area contributed by atoms with Crippen LogP contribution >= 0.6 is 11.3 Å². The molecule has 2 amide bonds. The first-order valence-electron chi connectivity index (χ1n) is 11.4. The van der Waals surface area contributed by atoms with E-state index in [0.29, 0.717) is 36.1 Å². The highest BCUT2D eigenvalue weighted by atomic mass is 32.1. The summed E-state index contributed by atoms with van der Waals surface area (Å²) in [6.45, 7) is 5.52. The average molecular weight is 486 g/mol. The molecule has 3 heterocycles. The van der Waals surface area contributed by atoms with Gasteiger partial charge in [0, 0.05) is 50.5 Å². The van der Waals surface area contributed by atoms with E-state index in [1.807, 2.05) is 29.8 Å². The van der Waals surface area contributed by atoms with Crippen molar-refractivity contribution >= 4 is 34.4 Å². The number of ether oxygens (including phenoxy) is 2. The predicted octanol–water partition coefficient (Wildman–Crippen LogP) is 2.16. The van der Waals surface area contributed by atoms with Gasteiger partial charge in [-0.1, -0.05) is 0 Å². The Hall–Kier alpha value is -2.95. The van der Waals surface area contributed by atoms with Gasteiger partial charge in [-0.3, -0.25) is 14.5 Å². The maximum Gasteiger partial charge on any atom is 0.240 e. The first-order chi connectivity index (χ1) is 16.6. The van der Waals surface area contributed by atoms with Crippen molar-refractivity contribution in [3.05, 3.63) is 41.0 Å². The van der Waals surface area contributed by atoms with Crippen LogP contribution in [-0.2, 0) is 16.0 Å². The van der Waals surface area contributed by atoms with Crippen molar-refractivity contribution in [3.8, 4) is 11.5 Å². The van der Waals surface area contributed by atoms with E-state index in [2.05, 4.69) is 20.1 Å². The standard InChI is InChI=1S/C24H31N5O4S/c1-32-20-14-18-4-8-29(23(31)16-19(18)15-21(20)33-2)7-3-6-27-9-11-28(12-10-27)17-22(30)26-24-25-5-13-34-24/h4-5,8,13-15H,3,6-7,9-12,16-17H2,1-2H3,(H,25,26,30). The number of thiazole rings is 1. The molecule has 1 fully saturated rings. The van der Waals surface area contributed by atoms with Crippen LogP contribution in [0.4, 0.5) is 5.13 Å². The molecule has 0 bridgehead atoms. The Balaban J connectivity index is 1.20. The van der Waals surface area contributed by atoms with Gasteiger partial charge in [0.1, 0.15) is 0 Å². The SMILES string of the molecule is COc1cc2c(cc1OC)CC(=O)N(CCCN1CCN(CC(=O)Nc3nccs3)CC1)C=C2. The molecule has 2 aliphatic rings. The van der Waals surface area contributed by atoms with E-state index in [1.54, 1.807) is 25.3 Å². The van der Waals surface area contributed by atoms with Crippen LogP contribution in [0.3, 0.4) is 0 Å². The van der Waals surface area contributed by atoms with E-state index in [1.165, 1.54) is 11.3 Å². The zero-order valence-electron chi connectivity index (χ0n) is 19.7. The average Bonchev–Trinajstić information content (AvgIpc) is 3.29. The van der Waals surface area contributed by atoms with Crippen molar-refractivity contribution in [1.82, 2.24) is 19.7 Å². The van der Waals surface area contributed by atoms with Crippen molar-refractivity contribution in [3.63, 3.8) is 0 Å². The summed E-state index contributed by atoms with van der Waals surface area (Å²) in [4.78, 5) is 35.4. The minimum absolute atomic E-state index is 0.0221. The van der Waals surface area contributed by atoms with Crippen LogP contribution < -0.4 is 14.8 Å². The van der Waals surface area contributed by atoms with Crippen LogP contribution in [-0.4, -0.2) is 91.5 Å². The van der Waals surface area contributed by atoms with Gasteiger partial charge < -0.3 is 24.6 Å². The number of piperazine rings is 1. The highest BCUT2D eigenvalue weighted by Crippen LogP contribution is 2.32. The van der Waals surface area contributed by atoms with Gasteiger partial charge in [-0.2, -0.15) is 0 Å². The largest absolute Gasteiger partial charge is 0.493 e. The van der Waals surface area contributed by atoms with Crippen LogP contribution in [0, 0.1) is 0 Å². The molecule has 0 unspecified atom stereocenters. The maximum atomic E-state index is 12.8. The lowest BCUT2D eigenvalue weighted by molar-refractivity contribution is -0.127. The van der Waals surface area contributed by atoms with Gasteiger partial charge in [0.05, 0.1) is 27.2 Å². The lowest BCUT2D eigenvalue weighted by atomic mass is 10.0. The zero-order valence-corrected chi connectivity index (χ0v) is 20.5. The van der Waals surface area contributed by atoms with Gasteiger partial charge in [-0.05, 0) is 42.3 Å². The summed E-state index contributed by atoms with van der Waals surface area (Å²) in [5, 5.41) is 5.32. The molecular weight excluding hydrogens is 454 g/mol. The Morgan fingerprint density at radius 2 is 1.82 bits per heavy atom. The fraction of sp³-hybridized carbons (Fsp3) is 0.458. The van der Waals surface area contributed by atoms with E-state index in [9.17, 15) is 9.59 Å². The third-order valence-corrected chi connectivity index (χ3v) is 6.81. The molecule has 10 heteroatoms. The number of benzene rings is 1. The number of anilines is 1. The summed E-state index contributed by atoms with van der Waals surface area (Å²) < 4.78 is 10.8. The van der Waals surface area contributed by atoms with Gasteiger partial charge in [0.15, 0.2) is 16.6 Å². The zero-order chi connectivity index (χ0) is 23.9. The van der Waals surface area contributed by atoms with Crippen LogP contribution in [0.25, 0.3) is 6.08 Å². The van der Waals surface area contributed by atoms with Crippen molar-refractivity contribution < 1.29 is 19.1 Å². The number of hydrogen-bond acceptors (Lipinski definition) is 8. The molecule has 1 N–H and O–H groups in total. The highest BCUT2D eigenvalue weighted by molar-refractivity contribution is 7.13. The van der Waals surface area contributed by atoms with Gasteiger partial charge in [-0.25, -0.2) is 4.98 Å². The van der Waals surface area contributed by atoms with E-state index in [4.69, 9.17) is 9.47 Å². The summed E-state index contributed by atoms with van der Waals surface area (Å²) in [6, 6.07) is 3.80. The van der Waals surface area contributed by atoms with Crippen LogP contribution in [0.2, 0.25) is 0 Å². The predicted molar refractivity (Wildman–Crippen MR) is 132 cm³/mol. The maximum absolute atomic E-state index is 12.8. The first kappa shape index (κ1) is 24.2. The smallest absolute Gasteiger partial charge is 0.240 e. The van der Waals surface area contributed by atoms with Gasteiger partial charge in [-0.15, -0.1) is 11.3 Å². The molecular formula is C24H31N5O4S. The Morgan fingerprint density at radius 1 is 1.09 bits per heavy atom. The van der Waals surface area contributed by atoms with E-state index in [-0.39, 0.29) is 11.8 Å². The molecule has 182 valence electrons. The van der Waals surface area contributed by atoms with Gasteiger partial charge in [0.25, 0.3) is 0 Å². The Morgan fingerprint density at radius 3 is 2.53 bits per heavy atom. The summed E-state index contributed by atoms with van der Waals surface area (Å²) in [6.07, 6.45) is 6.76. The number of fused-ring (bicyclic) bond motifs is 1. The van der Waals surface area contributed by atoms with Crippen LogP contribution in [0.1, 0.15) is 17.5 Å². The second-order valence-electron chi connectivity index (χ2n) is 8.34. The molecule has 2 aromatic rings. The summed E-state index contributed by atoms with van der Waals surface area (Å²) in [5.41, 5.74) is 1.92. The van der Waals surface area contributed by atoms with Crippen molar-refractivity contribution in [2.75, 3.05) is 65.3 Å². The van der Waals surface area contributed by atoms with Crippen molar-refractivity contribution in [2.24, 2.45) is 0 Å². The number of aromatic nitrogens is 1. The number of nitrogens with zero attached hydrogens (tertiary/aromatic N) is 4. The monoisotopic (exact) mass is 485 g/mol. The molecule has 0 saturated carbocycles. The molecule has 4 rings (SSSR count). The number of methoxy groups -OCH3 is 2. The van der Waals surface area contributed by atoms with Crippen molar-refractivity contribution in [1.29, 1.82) is 0 Å². The minimum Gasteiger partial charge on any atom is -0.493 e. The summed E-state index contributed by atoms with van der Waals surface area (Å²) in [7, 11) is 3.21. The number of carbonyl (C=O) groups is 2. The number of carbonyl (C=O) groups excluding carboxylic acids is 2. The molecule has 2 aliphatic heterocycles. The minimum atomic E-state index is -0.0221. The molecule has 0 radical (unpaired) electrons. The first-order valence-corrected chi connectivity index (χ1v) is 12.3. The Bertz CT molecular complexity index is 1020. The molecule has 0 atom stereocenters. The number of nitrogens with one attached hydrogen (secondary N) is 1. The number of amides is 2. The molecule has 1 saturated heterocycles. The lowest BCUT2D eigenvalue weighted by Gasteiger charge is -2.34. The number of hydrogen-bond donors (Lipinski definition) is 1. The quantitative estimate of drug-likeness (QED) is 0.582. The Labute approximate surface area is 204 Å². The second kappa shape index (κ2) is 11.5. The van der Waals surface area contributed by atoms with E-state index < -0.39 is 0 Å².